The first-order valence-corrected chi connectivity index (χ1v) is 7.97. The number of aliphatic hydroxyl groups excluding tert-OH is 1. The van der Waals surface area contributed by atoms with Gasteiger partial charge in [0.25, 0.3) is 0 Å². The minimum Gasteiger partial charge on any atom is -0.396 e. The van der Waals surface area contributed by atoms with Crippen LogP contribution in [0.5, 0.6) is 0 Å². The molecule has 1 N–H and O–H groups in total. The lowest BCUT2D eigenvalue weighted by molar-refractivity contribution is 0.285. The van der Waals surface area contributed by atoms with E-state index in [-0.39, 0.29) is 0 Å². The van der Waals surface area contributed by atoms with Crippen molar-refractivity contribution in [3.63, 3.8) is 0 Å². The van der Waals surface area contributed by atoms with Crippen LogP contribution in [-0.2, 0) is 0 Å². The predicted octanol–water partition coefficient (Wildman–Crippen LogP) is 5.57. The Hall–Kier alpha value is -0.820. The van der Waals surface area contributed by atoms with Crippen LogP contribution in [-0.4, -0.2) is 11.7 Å². The third-order valence-corrected chi connectivity index (χ3v) is 3.03. The van der Waals surface area contributed by atoms with Gasteiger partial charge in [-0.3, -0.25) is 0 Å². The first kappa shape index (κ1) is 18.2. The van der Waals surface area contributed by atoms with Gasteiger partial charge in [0.1, 0.15) is 0 Å². The molecule has 0 rings (SSSR count). The number of allylic oxidation sites excluding steroid dienone is 6. The van der Waals surface area contributed by atoms with Crippen molar-refractivity contribution in [2.45, 2.75) is 71.1 Å². The summed E-state index contributed by atoms with van der Waals surface area (Å²) in [4.78, 5) is 0. The quantitative estimate of drug-likeness (QED) is 0.340. The lowest BCUT2D eigenvalue weighted by Crippen LogP contribution is -1.80. The van der Waals surface area contributed by atoms with E-state index in [9.17, 15) is 0 Å². The van der Waals surface area contributed by atoms with Crippen LogP contribution in [0.4, 0.5) is 0 Å². The summed E-state index contributed by atoms with van der Waals surface area (Å²) in [6, 6.07) is 0. The third-order valence-electron chi connectivity index (χ3n) is 3.03. The minimum absolute atomic E-state index is 0.329. The molecule has 19 heavy (non-hydrogen) atoms. The standard InChI is InChI=1S/C18H32O/c1-2-3-4-5-6-7-8-9-10-11-12-13-14-15-16-17-18-19/h3-4,6-7,13-14,19H,2,5,8-12,15-18H2,1H3/b4-3+,7-6+,14-13+. The maximum Gasteiger partial charge on any atom is 0.0431 e. The molecule has 110 valence electrons. The molecule has 0 aromatic heterocycles. The highest BCUT2D eigenvalue weighted by molar-refractivity contribution is 4.92. The van der Waals surface area contributed by atoms with Gasteiger partial charge in [0.05, 0.1) is 0 Å². The summed E-state index contributed by atoms with van der Waals surface area (Å²) < 4.78 is 0. The third kappa shape index (κ3) is 17.2. The van der Waals surface area contributed by atoms with Crippen LogP contribution in [0.3, 0.4) is 0 Å². The molecule has 0 amide bonds. The number of unbranched alkanes of at least 4 members (excludes halogenated alkanes) is 6. The smallest absolute Gasteiger partial charge is 0.0431 e. The van der Waals surface area contributed by atoms with Crippen molar-refractivity contribution in [1.82, 2.24) is 0 Å². The van der Waals surface area contributed by atoms with Gasteiger partial charge >= 0.3 is 0 Å². The summed E-state index contributed by atoms with van der Waals surface area (Å²) in [5.41, 5.74) is 0. The summed E-state index contributed by atoms with van der Waals surface area (Å²) in [6.45, 7) is 2.50. The average molecular weight is 264 g/mol. The Labute approximate surface area is 120 Å². The van der Waals surface area contributed by atoms with E-state index in [0.717, 1.165) is 32.1 Å². The van der Waals surface area contributed by atoms with Crippen molar-refractivity contribution in [2.75, 3.05) is 6.61 Å². The molecule has 1 nitrogen and oxygen atoms in total. The summed E-state index contributed by atoms with van der Waals surface area (Å²) in [6.07, 6.45) is 25.4. The monoisotopic (exact) mass is 264 g/mol. The molecule has 0 aliphatic heterocycles. The number of hydrogen-bond acceptors (Lipinski definition) is 1. The number of aliphatic hydroxyl groups is 1. The van der Waals surface area contributed by atoms with E-state index >= 15 is 0 Å². The van der Waals surface area contributed by atoms with Crippen LogP contribution in [0.2, 0.25) is 0 Å². The number of hydrogen-bond donors (Lipinski definition) is 1. The Bertz CT molecular complexity index is 238. The first-order valence-electron chi connectivity index (χ1n) is 7.97. The van der Waals surface area contributed by atoms with Crippen LogP contribution >= 0.6 is 0 Å². The van der Waals surface area contributed by atoms with Gasteiger partial charge in [0, 0.05) is 6.61 Å². The van der Waals surface area contributed by atoms with Crippen LogP contribution < -0.4 is 0 Å². The predicted molar refractivity (Wildman–Crippen MR) is 86.3 cm³/mol. The zero-order valence-electron chi connectivity index (χ0n) is 12.7. The van der Waals surface area contributed by atoms with Crippen molar-refractivity contribution >= 4 is 0 Å². The largest absolute Gasteiger partial charge is 0.396 e. The van der Waals surface area contributed by atoms with E-state index in [1.807, 2.05) is 0 Å². The summed E-state index contributed by atoms with van der Waals surface area (Å²) in [5, 5.41) is 8.64. The second-order valence-electron chi connectivity index (χ2n) is 4.92. The van der Waals surface area contributed by atoms with E-state index in [0.29, 0.717) is 6.61 Å². The van der Waals surface area contributed by atoms with Gasteiger partial charge in [-0.15, -0.1) is 0 Å². The molecule has 0 fully saturated rings. The molecule has 0 saturated carbocycles. The van der Waals surface area contributed by atoms with E-state index in [1.165, 1.54) is 32.1 Å². The maximum atomic E-state index is 8.64. The van der Waals surface area contributed by atoms with E-state index in [1.54, 1.807) is 0 Å². The molecule has 0 aromatic rings. The van der Waals surface area contributed by atoms with Crippen molar-refractivity contribution in [1.29, 1.82) is 0 Å². The normalized spacial score (nSPS) is 12.3. The lowest BCUT2D eigenvalue weighted by Gasteiger charge is -1.95. The highest BCUT2D eigenvalue weighted by Crippen LogP contribution is 2.06. The first-order chi connectivity index (χ1) is 9.41. The molecular formula is C18H32O. The summed E-state index contributed by atoms with van der Waals surface area (Å²) in [5.74, 6) is 0. The van der Waals surface area contributed by atoms with Gasteiger partial charge in [-0.05, 0) is 57.8 Å². The molecule has 0 bridgehead atoms. The van der Waals surface area contributed by atoms with Crippen LogP contribution in [0.15, 0.2) is 36.5 Å². The molecule has 0 atom stereocenters. The van der Waals surface area contributed by atoms with E-state index in [4.69, 9.17) is 5.11 Å². The van der Waals surface area contributed by atoms with Gasteiger partial charge in [0.15, 0.2) is 0 Å². The van der Waals surface area contributed by atoms with Gasteiger partial charge in [0.2, 0.25) is 0 Å². The summed E-state index contributed by atoms with van der Waals surface area (Å²) >= 11 is 0. The molecule has 1 heteroatoms. The fraction of sp³-hybridized carbons (Fsp3) is 0.667. The van der Waals surface area contributed by atoms with Crippen molar-refractivity contribution in [3.05, 3.63) is 36.5 Å². The zero-order valence-corrected chi connectivity index (χ0v) is 12.7. The Morgan fingerprint density at radius 2 is 1.16 bits per heavy atom. The SMILES string of the molecule is CC/C=C/C/C=C/CCCCC/C=C/CCCCO. The maximum absolute atomic E-state index is 8.64. The molecule has 0 aliphatic carbocycles. The van der Waals surface area contributed by atoms with Gasteiger partial charge < -0.3 is 5.11 Å². The molecule has 0 aliphatic rings. The fourth-order valence-electron chi connectivity index (χ4n) is 1.87. The van der Waals surface area contributed by atoms with Crippen LogP contribution in [0.25, 0.3) is 0 Å². The average Bonchev–Trinajstić information content (AvgIpc) is 2.43. The van der Waals surface area contributed by atoms with Gasteiger partial charge in [-0.1, -0.05) is 49.8 Å². The topological polar surface area (TPSA) is 20.2 Å². The van der Waals surface area contributed by atoms with Gasteiger partial charge in [-0.25, -0.2) is 0 Å². The Morgan fingerprint density at radius 3 is 1.74 bits per heavy atom. The molecular weight excluding hydrogens is 232 g/mol. The Morgan fingerprint density at radius 1 is 0.632 bits per heavy atom. The molecule has 0 aromatic carbocycles. The molecule has 0 heterocycles. The fourth-order valence-corrected chi connectivity index (χ4v) is 1.87. The van der Waals surface area contributed by atoms with Crippen LogP contribution in [0, 0.1) is 0 Å². The van der Waals surface area contributed by atoms with Crippen molar-refractivity contribution in [3.8, 4) is 0 Å². The highest BCUT2D eigenvalue weighted by atomic mass is 16.2. The van der Waals surface area contributed by atoms with Crippen molar-refractivity contribution in [2.24, 2.45) is 0 Å². The second kappa shape index (κ2) is 17.2. The lowest BCUT2D eigenvalue weighted by atomic mass is 10.1. The van der Waals surface area contributed by atoms with Crippen molar-refractivity contribution < 1.29 is 5.11 Å². The number of rotatable bonds is 13. The molecule has 0 radical (unpaired) electrons. The zero-order chi connectivity index (χ0) is 14.0. The molecule has 0 saturated heterocycles. The van der Waals surface area contributed by atoms with Crippen LogP contribution in [0.1, 0.15) is 71.1 Å². The highest BCUT2D eigenvalue weighted by Gasteiger charge is 1.86. The van der Waals surface area contributed by atoms with E-state index < -0.39 is 0 Å². The summed E-state index contributed by atoms with van der Waals surface area (Å²) in [7, 11) is 0. The second-order valence-corrected chi connectivity index (χ2v) is 4.92. The Kier molecular flexibility index (Phi) is 16.4. The molecule has 0 unspecified atom stereocenters. The van der Waals surface area contributed by atoms with E-state index in [2.05, 4.69) is 43.4 Å². The van der Waals surface area contributed by atoms with Gasteiger partial charge in [-0.2, -0.15) is 0 Å². The Balaban J connectivity index is 3.16. The minimum atomic E-state index is 0.329. The molecule has 0 spiro atoms.